The number of rotatable bonds is 8. The van der Waals surface area contributed by atoms with E-state index in [2.05, 4.69) is 10.5 Å². The Morgan fingerprint density at radius 2 is 1.90 bits per heavy atom. The molecule has 0 unspecified atom stereocenters. The number of hydrogen-bond acceptors (Lipinski definition) is 6. The summed E-state index contributed by atoms with van der Waals surface area (Å²) in [6, 6.07) is 17.7. The molecule has 0 fully saturated rings. The van der Waals surface area contributed by atoms with Gasteiger partial charge in [-0.1, -0.05) is 35.9 Å². The van der Waals surface area contributed by atoms with Gasteiger partial charge in [0, 0.05) is 16.7 Å². The monoisotopic (exact) mass is 425 g/mol. The maximum Gasteiger partial charge on any atom is 0.315 e. The molecule has 7 nitrogen and oxygen atoms in total. The lowest BCUT2D eigenvalue weighted by Gasteiger charge is -2.13. The summed E-state index contributed by atoms with van der Waals surface area (Å²) in [5, 5.41) is 16.4. The molecule has 1 N–H and O–H groups in total. The predicted molar refractivity (Wildman–Crippen MR) is 118 cm³/mol. The van der Waals surface area contributed by atoms with E-state index in [-0.39, 0.29) is 23.8 Å². The minimum absolute atomic E-state index is 0.0774. The summed E-state index contributed by atoms with van der Waals surface area (Å²) in [5.74, 6) is 0.333. The highest BCUT2D eigenvalue weighted by atomic mass is 35.5. The van der Waals surface area contributed by atoms with Crippen molar-refractivity contribution in [2.75, 3.05) is 12.5 Å². The van der Waals surface area contributed by atoms with E-state index in [1.807, 2.05) is 31.2 Å². The summed E-state index contributed by atoms with van der Waals surface area (Å²) in [7, 11) is 1.44. The zero-order valence-corrected chi connectivity index (χ0v) is 17.2. The van der Waals surface area contributed by atoms with Crippen molar-refractivity contribution in [2.45, 2.75) is 13.5 Å². The van der Waals surface area contributed by atoms with Gasteiger partial charge in [-0.2, -0.15) is 5.10 Å². The number of halogens is 1. The number of methoxy groups -OCH3 is 1. The van der Waals surface area contributed by atoms with Crippen LogP contribution in [0.2, 0.25) is 5.02 Å². The quantitative estimate of drug-likeness (QED) is 0.289. The van der Waals surface area contributed by atoms with Crippen LogP contribution in [0.4, 0.5) is 11.4 Å². The van der Waals surface area contributed by atoms with Crippen LogP contribution >= 0.6 is 11.6 Å². The molecule has 0 spiro atoms. The number of nitro benzene ring substituents is 1. The summed E-state index contributed by atoms with van der Waals surface area (Å²) in [4.78, 5) is 11.1. The van der Waals surface area contributed by atoms with Gasteiger partial charge in [0.2, 0.25) is 5.75 Å². The fourth-order valence-corrected chi connectivity index (χ4v) is 2.87. The van der Waals surface area contributed by atoms with Crippen molar-refractivity contribution >= 4 is 29.2 Å². The zero-order chi connectivity index (χ0) is 21.5. The molecule has 0 aliphatic rings. The highest BCUT2D eigenvalue weighted by molar-refractivity contribution is 6.30. The molecule has 0 aliphatic heterocycles. The van der Waals surface area contributed by atoms with E-state index in [9.17, 15) is 10.1 Å². The molecule has 3 aromatic carbocycles. The third-order valence-electron chi connectivity index (χ3n) is 4.36. The average Bonchev–Trinajstić information content (AvgIpc) is 2.74. The van der Waals surface area contributed by atoms with Crippen molar-refractivity contribution in [2.24, 2.45) is 5.10 Å². The van der Waals surface area contributed by atoms with Crippen LogP contribution in [0.5, 0.6) is 11.5 Å². The fourth-order valence-electron chi connectivity index (χ4n) is 2.74. The number of aryl methyl sites for hydroxylation is 1. The predicted octanol–water partition coefficient (Wildman–Crippen LogP) is 5.59. The first-order chi connectivity index (χ1) is 14.5. The molecule has 0 aliphatic carbocycles. The van der Waals surface area contributed by atoms with Crippen LogP contribution in [-0.4, -0.2) is 18.2 Å². The standard InChI is InChI=1S/C22H20ClN3O4/c1-15-5-3-4-6-17(15)14-30-22-20(26(27)28)11-16(12-21(22)29-2)13-24-25-19-9-7-18(23)8-10-19/h3-13,25H,14H2,1-2H3/b24-13+. The van der Waals surface area contributed by atoms with E-state index in [1.54, 1.807) is 30.3 Å². The molecular weight excluding hydrogens is 406 g/mol. The molecule has 30 heavy (non-hydrogen) atoms. The van der Waals surface area contributed by atoms with Gasteiger partial charge in [0.15, 0.2) is 5.75 Å². The summed E-state index contributed by atoms with van der Waals surface area (Å²) in [6.07, 6.45) is 1.47. The maximum atomic E-state index is 11.6. The first kappa shape index (κ1) is 21.1. The third-order valence-corrected chi connectivity index (χ3v) is 4.61. The molecule has 154 valence electrons. The van der Waals surface area contributed by atoms with Crippen molar-refractivity contribution < 1.29 is 14.4 Å². The minimum Gasteiger partial charge on any atom is -0.493 e. The summed E-state index contributed by atoms with van der Waals surface area (Å²) < 4.78 is 11.1. The fraction of sp³-hybridized carbons (Fsp3) is 0.136. The summed E-state index contributed by atoms with van der Waals surface area (Å²) in [6.45, 7) is 2.15. The molecule has 0 heterocycles. The highest BCUT2D eigenvalue weighted by Gasteiger charge is 2.22. The second-order valence-electron chi connectivity index (χ2n) is 6.42. The Morgan fingerprint density at radius 3 is 2.57 bits per heavy atom. The number of ether oxygens (including phenoxy) is 2. The third kappa shape index (κ3) is 5.27. The Labute approximate surface area is 179 Å². The van der Waals surface area contributed by atoms with Crippen molar-refractivity contribution in [3.63, 3.8) is 0 Å². The Bertz CT molecular complexity index is 1070. The molecule has 3 rings (SSSR count). The van der Waals surface area contributed by atoms with Crippen LogP contribution in [0.25, 0.3) is 0 Å². The molecular formula is C22H20ClN3O4. The largest absolute Gasteiger partial charge is 0.493 e. The number of hydrazone groups is 1. The van der Waals surface area contributed by atoms with Gasteiger partial charge in [0.05, 0.1) is 23.9 Å². The Balaban J connectivity index is 1.83. The van der Waals surface area contributed by atoms with Gasteiger partial charge in [-0.3, -0.25) is 15.5 Å². The number of nitro groups is 1. The maximum absolute atomic E-state index is 11.6. The van der Waals surface area contributed by atoms with Crippen LogP contribution in [-0.2, 0) is 6.61 Å². The molecule has 0 saturated carbocycles. The molecule has 3 aromatic rings. The van der Waals surface area contributed by atoms with Crippen LogP contribution in [0.1, 0.15) is 16.7 Å². The van der Waals surface area contributed by atoms with Crippen LogP contribution in [0, 0.1) is 17.0 Å². The Kier molecular flexibility index (Phi) is 6.87. The Hall–Kier alpha value is -3.58. The van der Waals surface area contributed by atoms with Gasteiger partial charge >= 0.3 is 5.69 Å². The number of nitrogens with one attached hydrogen (secondary N) is 1. The van der Waals surface area contributed by atoms with Crippen molar-refractivity contribution in [1.29, 1.82) is 0 Å². The first-order valence-corrected chi connectivity index (χ1v) is 9.44. The number of nitrogens with zero attached hydrogens (tertiary/aromatic N) is 2. The first-order valence-electron chi connectivity index (χ1n) is 9.06. The van der Waals surface area contributed by atoms with Gasteiger partial charge in [-0.15, -0.1) is 0 Å². The molecule has 0 atom stereocenters. The average molecular weight is 426 g/mol. The summed E-state index contributed by atoms with van der Waals surface area (Å²) in [5.41, 5.74) is 5.84. The lowest BCUT2D eigenvalue weighted by atomic mass is 10.1. The van der Waals surface area contributed by atoms with Gasteiger partial charge in [0.1, 0.15) is 6.61 Å². The summed E-state index contributed by atoms with van der Waals surface area (Å²) >= 11 is 5.85. The zero-order valence-electron chi connectivity index (χ0n) is 16.5. The molecule has 0 saturated heterocycles. The van der Waals surface area contributed by atoms with Crippen LogP contribution < -0.4 is 14.9 Å². The molecule has 8 heteroatoms. The van der Waals surface area contributed by atoms with E-state index < -0.39 is 4.92 Å². The van der Waals surface area contributed by atoms with Gasteiger partial charge in [0.25, 0.3) is 0 Å². The molecule has 0 radical (unpaired) electrons. The van der Waals surface area contributed by atoms with Crippen molar-refractivity contribution in [1.82, 2.24) is 0 Å². The lowest BCUT2D eigenvalue weighted by molar-refractivity contribution is -0.386. The van der Waals surface area contributed by atoms with E-state index in [4.69, 9.17) is 21.1 Å². The van der Waals surface area contributed by atoms with Gasteiger partial charge < -0.3 is 9.47 Å². The van der Waals surface area contributed by atoms with Crippen LogP contribution in [0.15, 0.2) is 65.8 Å². The highest BCUT2D eigenvalue weighted by Crippen LogP contribution is 2.38. The van der Waals surface area contributed by atoms with Crippen molar-refractivity contribution in [3.8, 4) is 11.5 Å². The Morgan fingerprint density at radius 1 is 1.17 bits per heavy atom. The van der Waals surface area contributed by atoms with E-state index in [0.717, 1.165) is 16.8 Å². The van der Waals surface area contributed by atoms with E-state index in [0.29, 0.717) is 10.6 Å². The van der Waals surface area contributed by atoms with E-state index >= 15 is 0 Å². The lowest BCUT2D eigenvalue weighted by Crippen LogP contribution is -2.04. The van der Waals surface area contributed by atoms with Crippen LogP contribution in [0.3, 0.4) is 0 Å². The number of hydrogen-bond donors (Lipinski definition) is 1. The normalized spacial score (nSPS) is 10.8. The molecule has 0 amide bonds. The number of anilines is 1. The molecule has 0 bridgehead atoms. The van der Waals surface area contributed by atoms with E-state index in [1.165, 1.54) is 19.4 Å². The number of benzene rings is 3. The van der Waals surface area contributed by atoms with Gasteiger partial charge in [-0.05, 0) is 48.4 Å². The van der Waals surface area contributed by atoms with Gasteiger partial charge in [-0.25, -0.2) is 0 Å². The second kappa shape index (κ2) is 9.76. The molecule has 0 aromatic heterocycles. The smallest absolute Gasteiger partial charge is 0.315 e. The minimum atomic E-state index is -0.500. The van der Waals surface area contributed by atoms with Crippen molar-refractivity contribution in [3.05, 3.63) is 92.5 Å². The topological polar surface area (TPSA) is 86.0 Å². The second-order valence-corrected chi connectivity index (χ2v) is 6.86. The SMILES string of the molecule is COc1cc(/C=N/Nc2ccc(Cl)cc2)cc([N+](=O)[O-])c1OCc1ccccc1C.